The second kappa shape index (κ2) is 7.96. The second-order valence-electron chi connectivity index (χ2n) is 7.45. The molecule has 1 aromatic carbocycles. The van der Waals surface area contributed by atoms with Crippen LogP contribution in [0.5, 0.6) is 0 Å². The molecule has 3 N–H and O–H groups in total. The zero-order valence-electron chi connectivity index (χ0n) is 15.2. The van der Waals surface area contributed by atoms with E-state index in [0.29, 0.717) is 24.2 Å². The fourth-order valence-corrected chi connectivity index (χ4v) is 4.14. The lowest BCUT2D eigenvalue weighted by atomic mass is 9.85. The van der Waals surface area contributed by atoms with Crippen LogP contribution in [0, 0.1) is 5.92 Å². The van der Waals surface area contributed by atoms with Crippen molar-refractivity contribution in [2.24, 2.45) is 5.92 Å². The van der Waals surface area contributed by atoms with Crippen LogP contribution >= 0.6 is 0 Å². The van der Waals surface area contributed by atoms with Crippen LogP contribution in [0.3, 0.4) is 0 Å². The Kier molecular flexibility index (Phi) is 5.25. The predicted molar refractivity (Wildman–Crippen MR) is 102 cm³/mol. The Bertz CT molecular complexity index is 772. The Morgan fingerprint density at radius 1 is 1.11 bits per heavy atom. The topological polar surface area (TPSA) is 83.4 Å². The Hall–Kier alpha value is -2.60. The first kappa shape index (κ1) is 17.8. The maximum atomic E-state index is 12.5. The fraction of sp³-hybridized carbons (Fsp3) is 0.429. The molecule has 3 atom stereocenters. The molecule has 142 valence electrons. The summed E-state index contributed by atoms with van der Waals surface area (Å²) >= 11 is 0. The van der Waals surface area contributed by atoms with Gasteiger partial charge in [0.15, 0.2) is 5.76 Å². The Morgan fingerprint density at radius 2 is 1.93 bits per heavy atom. The maximum Gasteiger partial charge on any atom is 0.291 e. The van der Waals surface area contributed by atoms with E-state index < -0.39 is 0 Å². The van der Waals surface area contributed by atoms with Crippen LogP contribution in [0.25, 0.3) is 0 Å². The van der Waals surface area contributed by atoms with Gasteiger partial charge in [-0.05, 0) is 55.0 Å². The molecule has 0 radical (unpaired) electrons. The number of benzene rings is 1. The molecule has 1 saturated heterocycles. The zero-order chi connectivity index (χ0) is 18.6. The minimum Gasteiger partial charge on any atom is -0.459 e. The molecule has 1 aliphatic carbocycles. The summed E-state index contributed by atoms with van der Waals surface area (Å²) in [5, 5.41) is 9.31. The smallest absolute Gasteiger partial charge is 0.291 e. The number of hydrogen-bond donors (Lipinski definition) is 3. The van der Waals surface area contributed by atoms with E-state index in [1.54, 1.807) is 12.1 Å². The number of fused-ring (bicyclic) bond motifs is 1. The molecule has 27 heavy (non-hydrogen) atoms. The third-order valence-electron chi connectivity index (χ3n) is 5.60. The number of furan rings is 1. The molecule has 4 rings (SSSR count). The molecule has 0 spiro atoms. The zero-order valence-corrected chi connectivity index (χ0v) is 15.2. The number of carbonyl (C=O) groups is 2. The van der Waals surface area contributed by atoms with Gasteiger partial charge in [-0.2, -0.15) is 0 Å². The van der Waals surface area contributed by atoms with Crippen molar-refractivity contribution in [1.29, 1.82) is 0 Å². The van der Waals surface area contributed by atoms with E-state index in [9.17, 15) is 9.59 Å². The molecule has 2 heterocycles. The lowest BCUT2D eigenvalue weighted by Crippen LogP contribution is -2.42. The van der Waals surface area contributed by atoms with Crippen LogP contribution < -0.4 is 16.0 Å². The average Bonchev–Trinajstić information content (AvgIpc) is 3.37. The van der Waals surface area contributed by atoms with Gasteiger partial charge in [0.25, 0.3) is 5.91 Å². The van der Waals surface area contributed by atoms with Crippen molar-refractivity contribution < 1.29 is 14.0 Å². The van der Waals surface area contributed by atoms with Gasteiger partial charge < -0.3 is 20.4 Å². The fourth-order valence-electron chi connectivity index (χ4n) is 4.14. The summed E-state index contributed by atoms with van der Waals surface area (Å²) in [5.41, 5.74) is 1.68. The van der Waals surface area contributed by atoms with Crippen LogP contribution in [-0.4, -0.2) is 23.9 Å². The summed E-state index contributed by atoms with van der Waals surface area (Å²) < 4.78 is 5.07. The minimum atomic E-state index is -0.283. The first-order chi connectivity index (χ1) is 13.2. The van der Waals surface area contributed by atoms with Crippen molar-refractivity contribution in [1.82, 2.24) is 10.6 Å². The molecule has 3 unspecified atom stereocenters. The number of rotatable bonds is 5. The van der Waals surface area contributed by atoms with Crippen LogP contribution in [0.4, 0.5) is 5.69 Å². The monoisotopic (exact) mass is 367 g/mol. The van der Waals surface area contributed by atoms with E-state index in [2.05, 4.69) is 16.0 Å². The lowest BCUT2D eigenvalue weighted by Gasteiger charge is -2.24. The summed E-state index contributed by atoms with van der Waals surface area (Å²) in [5.74, 6) is 0.733. The van der Waals surface area contributed by atoms with Gasteiger partial charge in [0.1, 0.15) is 0 Å². The largest absolute Gasteiger partial charge is 0.459 e. The molecule has 1 aromatic heterocycles. The van der Waals surface area contributed by atoms with Gasteiger partial charge in [-0.25, -0.2) is 0 Å². The third-order valence-corrected chi connectivity index (χ3v) is 5.60. The number of carbonyl (C=O) groups excluding carboxylic acids is 2. The first-order valence-corrected chi connectivity index (χ1v) is 9.66. The minimum absolute atomic E-state index is 0.0649. The van der Waals surface area contributed by atoms with Gasteiger partial charge in [0, 0.05) is 18.3 Å². The molecular weight excluding hydrogens is 342 g/mol. The predicted octanol–water partition coefficient (Wildman–Crippen LogP) is 3.07. The van der Waals surface area contributed by atoms with E-state index in [1.807, 2.05) is 24.3 Å². The van der Waals surface area contributed by atoms with Gasteiger partial charge in [-0.3, -0.25) is 9.59 Å². The van der Waals surface area contributed by atoms with Gasteiger partial charge in [-0.15, -0.1) is 0 Å². The summed E-state index contributed by atoms with van der Waals surface area (Å²) in [6, 6.07) is 11.2. The van der Waals surface area contributed by atoms with E-state index in [-0.39, 0.29) is 23.6 Å². The molecule has 2 aromatic rings. The Morgan fingerprint density at radius 3 is 2.67 bits per heavy atom. The lowest BCUT2D eigenvalue weighted by molar-refractivity contribution is -0.123. The standard InChI is InChI=1S/C21H25N3O3/c25-20(18-12-15-4-1-2-5-17(15)24-18)22-13-14-7-9-16(10-8-14)23-21(26)19-6-3-11-27-19/h3,6-11,15,17-18,24H,1-2,4-5,12-13H2,(H,22,25)(H,23,26). The summed E-state index contributed by atoms with van der Waals surface area (Å²) in [7, 11) is 0. The summed E-state index contributed by atoms with van der Waals surface area (Å²) in [4.78, 5) is 24.4. The highest BCUT2D eigenvalue weighted by Crippen LogP contribution is 2.33. The second-order valence-corrected chi connectivity index (χ2v) is 7.45. The van der Waals surface area contributed by atoms with Gasteiger partial charge in [0.2, 0.25) is 5.91 Å². The van der Waals surface area contributed by atoms with Gasteiger partial charge >= 0.3 is 0 Å². The number of hydrogen-bond acceptors (Lipinski definition) is 4. The van der Waals surface area contributed by atoms with E-state index in [4.69, 9.17) is 4.42 Å². The highest BCUT2D eigenvalue weighted by Gasteiger charge is 2.37. The van der Waals surface area contributed by atoms with Crippen LogP contribution in [0.2, 0.25) is 0 Å². The molecule has 0 bridgehead atoms. The van der Waals surface area contributed by atoms with Crippen molar-refractivity contribution >= 4 is 17.5 Å². The van der Waals surface area contributed by atoms with Crippen molar-refractivity contribution in [2.45, 2.75) is 50.7 Å². The molecule has 1 aliphatic heterocycles. The molecule has 2 fully saturated rings. The highest BCUT2D eigenvalue weighted by molar-refractivity contribution is 6.02. The molecular formula is C21H25N3O3. The Labute approximate surface area is 158 Å². The van der Waals surface area contributed by atoms with Crippen LogP contribution in [0.1, 0.15) is 48.2 Å². The van der Waals surface area contributed by atoms with Crippen LogP contribution in [0.15, 0.2) is 47.1 Å². The molecule has 1 saturated carbocycles. The van der Waals surface area contributed by atoms with Crippen LogP contribution in [-0.2, 0) is 11.3 Å². The summed E-state index contributed by atoms with van der Waals surface area (Å²) in [6.07, 6.45) is 7.42. The SMILES string of the molecule is O=C(Nc1ccc(CNC(=O)C2CC3CCCCC3N2)cc1)c1ccco1. The molecule has 6 heteroatoms. The maximum absolute atomic E-state index is 12.5. The van der Waals surface area contributed by atoms with E-state index >= 15 is 0 Å². The van der Waals surface area contributed by atoms with Crippen molar-refractivity contribution in [3.05, 3.63) is 54.0 Å². The van der Waals surface area contributed by atoms with Crippen molar-refractivity contribution in [3.63, 3.8) is 0 Å². The van der Waals surface area contributed by atoms with Gasteiger partial charge in [0.05, 0.1) is 12.3 Å². The number of anilines is 1. The quantitative estimate of drug-likeness (QED) is 0.758. The molecule has 2 amide bonds. The van der Waals surface area contributed by atoms with E-state index in [1.165, 1.54) is 31.9 Å². The number of nitrogens with one attached hydrogen (secondary N) is 3. The third kappa shape index (κ3) is 4.22. The normalized spacial score (nSPS) is 24.2. The first-order valence-electron chi connectivity index (χ1n) is 9.66. The van der Waals surface area contributed by atoms with Gasteiger partial charge in [-0.1, -0.05) is 25.0 Å². The summed E-state index contributed by atoms with van der Waals surface area (Å²) in [6.45, 7) is 0.485. The Balaban J connectivity index is 1.26. The number of amides is 2. The molecule has 6 nitrogen and oxygen atoms in total. The van der Waals surface area contributed by atoms with Crippen molar-refractivity contribution in [3.8, 4) is 0 Å². The highest BCUT2D eigenvalue weighted by atomic mass is 16.3. The molecule has 2 aliphatic rings. The van der Waals surface area contributed by atoms with Crippen molar-refractivity contribution in [2.75, 3.05) is 5.32 Å². The average molecular weight is 367 g/mol. The van der Waals surface area contributed by atoms with E-state index in [0.717, 1.165) is 12.0 Å².